The maximum absolute atomic E-state index is 8.83. The van der Waals surface area contributed by atoms with E-state index in [1.807, 2.05) is 30.3 Å². The van der Waals surface area contributed by atoms with E-state index in [9.17, 15) is 0 Å². The molecule has 0 spiro atoms. The van der Waals surface area contributed by atoms with Crippen molar-refractivity contribution in [3.8, 4) is 0 Å². The summed E-state index contributed by atoms with van der Waals surface area (Å²) in [7, 11) is 0. The Bertz CT molecular complexity index is 222. The lowest BCUT2D eigenvalue weighted by molar-refractivity contribution is 0.0176. The number of benzene rings is 1. The summed E-state index contributed by atoms with van der Waals surface area (Å²) in [5.41, 5.74) is 1.11. The molecule has 1 atom stereocenters. The van der Waals surface area contributed by atoms with E-state index in [2.05, 4.69) is 12.6 Å². The Labute approximate surface area is 84.0 Å². The standard InChI is InChI=1S/C10H14O2S/c11-6-10(8-13)12-7-9-4-2-1-3-5-9/h1-5,10-11,13H,6-8H2. The van der Waals surface area contributed by atoms with Crippen LogP contribution in [0.15, 0.2) is 30.3 Å². The third kappa shape index (κ3) is 3.81. The Balaban J connectivity index is 2.34. The van der Waals surface area contributed by atoms with Crippen molar-refractivity contribution in [1.29, 1.82) is 0 Å². The number of hydrogen-bond acceptors (Lipinski definition) is 3. The minimum atomic E-state index is -0.163. The molecule has 0 amide bonds. The zero-order valence-corrected chi connectivity index (χ0v) is 8.28. The molecule has 0 fully saturated rings. The third-order valence-corrected chi connectivity index (χ3v) is 2.14. The lowest BCUT2D eigenvalue weighted by Gasteiger charge is -2.12. The normalized spacial score (nSPS) is 12.8. The molecule has 0 aliphatic carbocycles. The Morgan fingerprint density at radius 2 is 2.00 bits per heavy atom. The highest BCUT2D eigenvalue weighted by atomic mass is 32.1. The van der Waals surface area contributed by atoms with Gasteiger partial charge < -0.3 is 9.84 Å². The average Bonchev–Trinajstić information content (AvgIpc) is 2.21. The molecule has 0 aromatic heterocycles. The summed E-state index contributed by atoms with van der Waals surface area (Å²) in [4.78, 5) is 0. The zero-order chi connectivity index (χ0) is 9.52. The second-order valence-corrected chi connectivity index (χ2v) is 3.15. The lowest BCUT2D eigenvalue weighted by atomic mass is 10.2. The number of hydrogen-bond donors (Lipinski definition) is 2. The predicted octanol–water partition coefficient (Wildman–Crippen LogP) is 1.49. The van der Waals surface area contributed by atoms with Crippen LogP contribution >= 0.6 is 12.6 Å². The van der Waals surface area contributed by atoms with Gasteiger partial charge in [0, 0.05) is 5.75 Å². The number of rotatable bonds is 5. The van der Waals surface area contributed by atoms with E-state index in [0.29, 0.717) is 12.4 Å². The van der Waals surface area contributed by atoms with Crippen LogP contribution < -0.4 is 0 Å². The molecule has 1 N–H and O–H groups in total. The van der Waals surface area contributed by atoms with Crippen LogP contribution in [0.2, 0.25) is 0 Å². The van der Waals surface area contributed by atoms with Gasteiger partial charge in [0.25, 0.3) is 0 Å². The Hall–Kier alpha value is -0.510. The van der Waals surface area contributed by atoms with Crippen LogP contribution in [0.1, 0.15) is 5.56 Å². The summed E-state index contributed by atoms with van der Waals surface area (Å²) in [6.45, 7) is 0.558. The Kier molecular flexibility index (Phi) is 4.90. The van der Waals surface area contributed by atoms with Gasteiger partial charge in [-0.15, -0.1) is 0 Å². The molecule has 1 aromatic carbocycles. The van der Waals surface area contributed by atoms with Crippen molar-refractivity contribution in [3.63, 3.8) is 0 Å². The van der Waals surface area contributed by atoms with Crippen molar-refractivity contribution in [1.82, 2.24) is 0 Å². The fourth-order valence-electron chi connectivity index (χ4n) is 0.951. The van der Waals surface area contributed by atoms with Crippen molar-refractivity contribution >= 4 is 12.6 Å². The quantitative estimate of drug-likeness (QED) is 0.702. The fourth-order valence-corrected chi connectivity index (χ4v) is 1.17. The van der Waals surface area contributed by atoms with E-state index in [-0.39, 0.29) is 12.7 Å². The van der Waals surface area contributed by atoms with Crippen molar-refractivity contribution in [2.75, 3.05) is 12.4 Å². The maximum Gasteiger partial charge on any atom is 0.0897 e. The van der Waals surface area contributed by atoms with E-state index in [0.717, 1.165) is 5.56 Å². The molecule has 13 heavy (non-hydrogen) atoms. The van der Waals surface area contributed by atoms with Crippen molar-refractivity contribution in [2.24, 2.45) is 0 Å². The molecule has 0 heterocycles. The van der Waals surface area contributed by atoms with Crippen LogP contribution in [0.5, 0.6) is 0 Å². The lowest BCUT2D eigenvalue weighted by Crippen LogP contribution is -2.19. The van der Waals surface area contributed by atoms with Gasteiger partial charge in [-0.25, -0.2) is 0 Å². The average molecular weight is 198 g/mol. The molecule has 1 rings (SSSR count). The first kappa shape index (κ1) is 10.6. The summed E-state index contributed by atoms with van der Waals surface area (Å²) in [5.74, 6) is 0.545. The number of aliphatic hydroxyl groups is 1. The summed E-state index contributed by atoms with van der Waals surface area (Å²) < 4.78 is 5.40. The van der Waals surface area contributed by atoms with Crippen LogP contribution in [0, 0.1) is 0 Å². The van der Waals surface area contributed by atoms with Crippen molar-refractivity contribution in [3.05, 3.63) is 35.9 Å². The van der Waals surface area contributed by atoms with E-state index < -0.39 is 0 Å². The molecule has 0 bridgehead atoms. The fraction of sp³-hybridized carbons (Fsp3) is 0.400. The van der Waals surface area contributed by atoms with Crippen molar-refractivity contribution < 1.29 is 9.84 Å². The van der Waals surface area contributed by atoms with Gasteiger partial charge in [0.2, 0.25) is 0 Å². The molecule has 2 nitrogen and oxygen atoms in total. The number of ether oxygens (including phenoxy) is 1. The molecule has 1 aromatic rings. The number of aliphatic hydroxyl groups excluding tert-OH is 1. The van der Waals surface area contributed by atoms with Crippen LogP contribution in [0.25, 0.3) is 0 Å². The highest BCUT2D eigenvalue weighted by Crippen LogP contribution is 2.03. The highest BCUT2D eigenvalue weighted by Gasteiger charge is 2.04. The monoisotopic (exact) mass is 198 g/mol. The molecule has 1 unspecified atom stereocenters. The molecule has 72 valence electrons. The van der Waals surface area contributed by atoms with E-state index >= 15 is 0 Å². The van der Waals surface area contributed by atoms with Crippen LogP contribution in [-0.4, -0.2) is 23.6 Å². The van der Waals surface area contributed by atoms with Gasteiger partial charge in [0.15, 0.2) is 0 Å². The minimum absolute atomic E-state index is 0.0241. The molecule has 0 aliphatic heterocycles. The summed E-state index contributed by atoms with van der Waals surface area (Å²) in [6, 6.07) is 9.88. The second kappa shape index (κ2) is 6.02. The smallest absolute Gasteiger partial charge is 0.0897 e. The molecule has 0 aliphatic rings. The summed E-state index contributed by atoms with van der Waals surface area (Å²) in [6.07, 6.45) is -0.163. The van der Waals surface area contributed by atoms with E-state index in [1.54, 1.807) is 0 Å². The van der Waals surface area contributed by atoms with Crippen LogP contribution in [0.3, 0.4) is 0 Å². The first-order chi connectivity index (χ1) is 6.36. The van der Waals surface area contributed by atoms with Gasteiger partial charge in [-0.2, -0.15) is 12.6 Å². The minimum Gasteiger partial charge on any atom is -0.394 e. The molecule has 3 heteroatoms. The van der Waals surface area contributed by atoms with E-state index in [1.165, 1.54) is 0 Å². The maximum atomic E-state index is 8.83. The molecule has 0 saturated heterocycles. The van der Waals surface area contributed by atoms with Gasteiger partial charge in [0.1, 0.15) is 0 Å². The van der Waals surface area contributed by atoms with Gasteiger partial charge in [-0.3, -0.25) is 0 Å². The topological polar surface area (TPSA) is 29.5 Å². The van der Waals surface area contributed by atoms with Gasteiger partial charge in [0.05, 0.1) is 19.3 Å². The summed E-state index contributed by atoms with van der Waals surface area (Å²) >= 11 is 4.06. The second-order valence-electron chi connectivity index (χ2n) is 2.78. The van der Waals surface area contributed by atoms with Gasteiger partial charge in [-0.1, -0.05) is 30.3 Å². The number of thiol groups is 1. The summed E-state index contributed by atoms with van der Waals surface area (Å²) in [5, 5.41) is 8.83. The van der Waals surface area contributed by atoms with Gasteiger partial charge >= 0.3 is 0 Å². The zero-order valence-electron chi connectivity index (χ0n) is 7.39. The third-order valence-electron chi connectivity index (χ3n) is 1.74. The Morgan fingerprint density at radius 3 is 2.54 bits per heavy atom. The molecular weight excluding hydrogens is 184 g/mol. The first-order valence-corrected chi connectivity index (χ1v) is 4.87. The first-order valence-electron chi connectivity index (χ1n) is 4.24. The predicted molar refractivity (Wildman–Crippen MR) is 56.0 cm³/mol. The molecular formula is C10H14O2S. The van der Waals surface area contributed by atoms with Crippen LogP contribution in [-0.2, 0) is 11.3 Å². The Morgan fingerprint density at radius 1 is 1.31 bits per heavy atom. The highest BCUT2D eigenvalue weighted by molar-refractivity contribution is 7.80. The molecule has 0 saturated carbocycles. The van der Waals surface area contributed by atoms with Crippen LogP contribution in [0.4, 0.5) is 0 Å². The largest absolute Gasteiger partial charge is 0.394 e. The van der Waals surface area contributed by atoms with E-state index in [4.69, 9.17) is 9.84 Å². The van der Waals surface area contributed by atoms with Crippen molar-refractivity contribution in [2.45, 2.75) is 12.7 Å². The SMILES string of the molecule is OCC(CS)OCc1ccccc1. The molecule has 0 radical (unpaired) electrons. The van der Waals surface area contributed by atoms with Gasteiger partial charge in [-0.05, 0) is 5.56 Å².